The lowest BCUT2D eigenvalue weighted by Gasteiger charge is -2.06. The van der Waals surface area contributed by atoms with Crippen LogP contribution in [0.15, 0.2) is 61.4 Å². The van der Waals surface area contributed by atoms with E-state index in [1.165, 1.54) is 18.5 Å². The molecule has 0 bridgehead atoms. The Morgan fingerprint density at radius 1 is 0.973 bits per heavy atom. The summed E-state index contributed by atoms with van der Waals surface area (Å²) in [5, 5.41) is 8.06. The lowest BCUT2D eigenvalue weighted by Crippen LogP contribution is -2.06. The van der Waals surface area contributed by atoms with Gasteiger partial charge in [-0.3, -0.25) is 10.1 Å². The van der Waals surface area contributed by atoms with Crippen molar-refractivity contribution in [2.45, 2.75) is 6.42 Å². The molecule has 0 fully saturated rings. The van der Waals surface area contributed by atoms with E-state index in [9.17, 15) is 12.8 Å². The summed E-state index contributed by atoms with van der Waals surface area (Å²) in [7, 11) is -3.18. The normalized spacial score (nSPS) is 11.9. The van der Waals surface area contributed by atoms with Gasteiger partial charge in [-0.25, -0.2) is 32.7 Å². The SMILES string of the molecule is CS(=O)(=O)CCc1cc(F)cc(-c2nccc3[nH]c(-c4[nH]nc5ncc(-c6cncnc6)cc45)nc23)c1. The van der Waals surface area contributed by atoms with Gasteiger partial charge in [-0.2, -0.15) is 5.10 Å². The molecule has 5 heterocycles. The summed E-state index contributed by atoms with van der Waals surface area (Å²) < 4.78 is 37.7. The van der Waals surface area contributed by atoms with Gasteiger partial charge in [0.15, 0.2) is 11.5 Å². The zero-order valence-corrected chi connectivity index (χ0v) is 20.3. The molecule has 5 aromatic heterocycles. The second-order valence-electron chi connectivity index (χ2n) is 8.69. The van der Waals surface area contributed by atoms with Gasteiger partial charge in [0, 0.05) is 47.7 Å². The summed E-state index contributed by atoms with van der Waals surface area (Å²) in [5.74, 6) is -0.0275. The summed E-state index contributed by atoms with van der Waals surface area (Å²) in [6, 6.07) is 8.16. The molecule has 6 aromatic rings. The van der Waals surface area contributed by atoms with E-state index < -0.39 is 15.7 Å². The van der Waals surface area contributed by atoms with Crippen molar-refractivity contribution in [3.8, 4) is 33.9 Å². The van der Waals surface area contributed by atoms with Crippen LogP contribution in [0.25, 0.3) is 56.0 Å². The van der Waals surface area contributed by atoms with Crippen LogP contribution in [0.5, 0.6) is 0 Å². The lowest BCUT2D eigenvalue weighted by molar-refractivity contribution is 0.600. The van der Waals surface area contributed by atoms with Crippen LogP contribution in [-0.2, 0) is 16.3 Å². The van der Waals surface area contributed by atoms with Crippen molar-refractivity contribution in [1.82, 2.24) is 40.1 Å². The Morgan fingerprint density at radius 3 is 2.62 bits per heavy atom. The van der Waals surface area contributed by atoms with E-state index in [1.807, 2.05) is 6.07 Å². The van der Waals surface area contributed by atoms with Crippen molar-refractivity contribution in [2.75, 3.05) is 12.0 Å². The van der Waals surface area contributed by atoms with Crippen LogP contribution in [0, 0.1) is 5.82 Å². The molecule has 0 aliphatic carbocycles. The van der Waals surface area contributed by atoms with Crippen LogP contribution in [0.2, 0.25) is 0 Å². The molecule has 0 saturated carbocycles. The first-order valence-electron chi connectivity index (χ1n) is 11.3. The zero-order chi connectivity index (χ0) is 25.6. The summed E-state index contributed by atoms with van der Waals surface area (Å²) in [5.41, 5.74) is 5.60. The van der Waals surface area contributed by atoms with E-state index >= 15 is 0 Å². The van der Waals surface area contributed by atoms with Gasteiger partial charge in [-0.15, -0.1) is 0 Å². The standard InChI is InChI=1S/C25H19FN8O2S/c1-37(35,36)5-3-14-6-15(8-18(26)7-14)21-23-20(2-4-29-21)31-25(32-23)22-19-9-16(12-30-24(19)34-33-22)17-10-27-13-28-11-17/h2,4,6-13H,3,5H2,1H3,(H,31,32)(H,30,33,34). The number of H-pyrrole nitrogens is 2. The summed E-state index contributed by atoms with van der Waals surface area (Å²) in [4.78, 5) is 25.1. The Balaban J connectivity index is 1.44. The highest BCUT2D eigenvalue weighted by atomic mass is 32.2. The zero-order valence-electron chi connectivity index (χ0n) is 19.5. The summed E-state index contributed by atoms with van der Waals surface area (Å²) >= 11 is 0. The van der Waals surface area contributed by atoms with Crippen LogP contribution in [0.4, 0.5) is 4.39 Å². The molecule has 0 aliphatic rings. The number of rotatable bonds is 6. The maximum absolute atomic E-state index is 14.5. The third-order valence-electron chi connectivity index (χ3n) is 5.93. The van der Waals surface area contributed by atoms with Crippen molar-refractivity contribution in [3.05, 3.63) is 72.8 Å². The molecule has 1 aromatic carbocycles. The molecule has 0 amide bonds. The molecule has 0 saturated heterocycles. The fraction of sp³-hybridized carbons (Fsp3) is 0.120. The van der Waals surface area contributed by atoms with Gasteiger partial charge in [0.05, 0.1) is 22.3 Å². The van der Waals surface area contributed by atoms with Gasteiger partial charge in [-0.1, -0.05) is 0 Å². The monoisotopic (exact) mass is 514 g/mol. The van der Waals surface area contributed by atoms with E-state index in [2.05, 4.69) is 35.1 Å². The van der Waals surface area contributed by atoms with E-state index in [1.54, 1.807) is 36.9 Å². The highest BCUT2D eigenvalue weighted by molar-refractivity contribution is 7.90. The second kappa shape index (κ2) is 8.82. The maximum atomic E-state index is 14.5. The minimum absolute atomic E-state index is 0.0713. The van der Waals surface area contributed by atoms with Crippen molar-refractivity contribution in [3.63, 3.8) is 0 Å². The molecule has 37 heavy (non-hydrogen) atoms. The number of aryl methyl sites for hydroxylation is 1. The van der Waals surface area contributed by atoms with E-state index in [4.69, 9.17) is 4.98 Å². The second-order valence-corrected chi connectivity index (χ2v) is 10.9. The predicted octanol–water partition coefficient (Wildman–Crippen LogP) is 3.75. The number of hydrogen-bond donors (Lipinski definition) is 2. The van der Waals surface area contributed by atoms with Crippen LogP contribution in [0.3, 0.4) is 0 Å². The van der Waals surface area contributed by atoms with Crippen LogP contribution in [-0.4, -0.2) is 60.5 Å². The van der Waals surface area contributed by atoms with Gasteiger partial charge in [-0.05, 0) is 42.3 Å². The molecular weight excluding hydrogens is 495 g/mol. The first-order valence-corrected chi connectivity index (χ1v) is 13.3. The number of nitrogens with one attached hydrogen (secondary N) is 2. The van der Waals surface area contributed by atoms with Crippen molar-refractivity contribution in [2.24, 2.45) is 0 Å². The highest BCUT2D eigenvalue weighted by Crippen LogP contribution is 2.32. The number of aromatic nitrogens is 8. The van der Waals surface area contributed by atoms with Crippen LogP contribution in [0.1, 0.15) is 5.56 Å². The average molecular weight is 515 g/mol. The third-order valence-corrected chi connectivity index (χ3v) is 6.88. The Kier molecular flexibility index (Phi) is 5.45. The lowest BCUT2D eigenvalue weighted by atomic mass is 10.0. The molecular formula is C25H19FN8O2S. The number of pyridine rings is 2. The van der Waals surface area contributed by atoms with Crippen LogP contribution < -0.4 is 0 Å². The van der Waals surface area contributed by atoms with Gasteiger partial charge in [0.25, 0.3) is 0 Å². The number of benzene rings is 1. The van der Waals surface area contributed by atoms with Gasteiger partial charge in [0.2, 0.25) is 0 Å². The van der Waals surface area contributed by atoms with Crippen molar-refractivity contribution >= 4 is 31.9 Å². The molecule has 184 valence electrons. The number of halogens is 1. The number of nitrogens with zero attached hydrogens (tertiary/aromatic N) is 6. The highest BCUT2D eigenvalue weighted by Gasteiger charge is 2.17. The number of fused-ring (bicyclic) bond motifs is 2. The largest absolute Gasteiger partial charge is 0.337 e. The van der Waals surface area contributed by atoms with E-state index in [0.717, 1.165) is 22.8 Å². The minimum atomic E-state index is -3.18. The fourth-order valence-corrected chi connectivity index (χ4v) is 4.79. The van der Waals surface area contributed by atoms with E-state index in [-0.39, 0.29) is 12.2 Å². The van der Waals surface area contributed by atoms with Crippen molar-refractivity contribution in [1.29, 1.82) is 0 Å². The first-order chi connectivity index (χ1) is 17.8. The Morgan fingerprint density at radius 2 is 1.81 bits per heavy atom. The Hall–Kier alpha value is -4.58. The topological polar surface area (TPSA) is 143 Å². The molecule has 0 spiro atoms. The quantitative estimate of drug-likeness (QED) is 0.342. The number of sulfone groups is 1. The molecule has 0 aliphatic heterocycles. The third kappa shape index (κ3) is 4.54. The minimum Gasteiger partial charge on any atom is -0.337 e. The van der Waals surface area contributed by atoms with Gasteiger partial charge >= 0.3 is 0 Å². The molecule has 0 unspecified atom stereocenters. The Labute approximate surface area is 210 Å². The Bertz CT molecular complexity index is 1880. The van der Waals surface area contributed by atoms with E-state index in [0.29, 0.717) is 45.0 Å². The maximum Gasteiger partial charge on any atom is 0.181 e. The molecule has 10 nitrogen and oxygen atoms in total. The number of hydrogen-bond acceptors (Lipinski definition) is 8. The molecule has 0 atom stereocenters. The van der Waals surface area contributed by atoms with Gasteiger partial charge in [0.1, 0.15) is 33.2 Å². The summed E-state index contributed by atoms with van der Waals surface area (Å²) in [6.45, 7) is 0. The molecule has 12 heteroatoms. The van der Waals surface area contributed by atoms with Crippen LogP contribution >= 0.6 is 0 Å². The van der Waals surface area contributed by atoms with Gasteiger partial charge < -0.3 is 4.98 Å². The molecule has 6 rings (SSSR count). The van der Waals surface area contributed by atoms with Crippen molar-refractivity contribution < 1.29 is 12.8 Å². The number of aromatic amines is 2. The molecule has 2 N–H and O–H groups in total. The summed E-state index contributed by atoms with van der Waals surface area (Å²) in [6.07, 6.45) is 9.56. The smallest absolute Gasteiger partial charge is 0.181 e. The first kappa shape index (κ1) is 22.9. The average Bonchev–Trinajstić information content (AvgIpc) is 3.51. The fourth-order valence-electron chi connectivity index (χ4n) is 4.19. The number of imidazole rings is 1. The molecule has 0 radical (unpaired) electrons. The predicted molar refractivity (Wildman–Crippen MR) is 137 cm³/mol.